The molecule has 5 nitrogen and oxygen atoms in total. The van der Waals surface area contributed by atoms with Crippen LogP contribution < -0.4 is 9.62 Å². The lowest BCUT2D eigenvalue weighted by Gasteiger charge is -2.27. The van der Waals surface area contributed by atoms with Crippen molar-refractivity contribution in [3.05, 3.63) is 76.5 Å². The van der Waals surface area contributed by atoms with E-state index in [1.54, 1.807) is 31.2 Å². The zero-order valence-electron chi connectivity index (χ0n) is 17.1. The van der Waals surface area contributed by atoms with Crippen LogP contribution in [0.3, 0.4) is 0 Å². The average molecular weight is 447 g/mol. The normalized spacial score (nSPS) is 13.8. The predicted molar refractivity (Wildman–Crippen MR) is 113 cm³/mol. The Morgan fingerprint density at radius 3 is 2.29 bits per heavy atom. The van der Waals surface area contributed by atoms with Gasteiger partial charge in [0, 0.05) is 5.56 Å². The molecule has 0 aliphatic carbocycles. The monoisotopic (exact) mass is 447 g/mol. The van der Waals surface area contributed by atoms with E-state index in [9.17, 15) is 21.6 Å². The summed E-state index contributed by atoms with van der Waals surface area (Å²) in [5, 5.41) is 2.93. The lowest BCUT2D eigenvalue weighted by atomic mass is 10.1. The van der Waals surface area contributed by atoms with Crippen LogP contribution in [0.5, 0.6) is 0 Å². The summed E-state index contributed by atoms with van der Waals surface area (Å²) in [6.45, 7) is 5.35. The molecule has 2 heterocycles. The third-order valence-corrected chi connectivity index (χ3v) is 7.16. The number of aryl methyl sites for hydroxylation is 2. The second kappa shape index (κ2) is 7.26. The number of alkyl halides is 3. The first-order chi connectivity index (χ1) is 14.5. The van der Waals surface area contributed by atoms with Gasteiger partial charge in [0.05, 0.1) is 22.8 Å². The number of fused-ring (bicyclic) bond motifs is 2. The third-order valence-electron chi connectivity index (χ3n) is 5.40. The third kappa shape index (κ3) is 3.74. The Morgan fingerprint density at radius 1 is 0.968 bits per heavy atom. The Balaban J connectivity index is 1.94. The maximum absolute atomic E-state index is 13.6. The molecule has 0 bridgehead atoms. The first-order valence-electron chi connectivity index (χ1n) is 9.52. The zero-order valence-corrected chi connectivity index (χ0v) is 17.9. The summed E-state index contributed by atoms with van der Waals surface area (Å²) < 4.78 is 68.0. The van der Waals surface area contributed by atoms with Gasteiger partial charge in [0.1, 0.15) is 11.5 Å². The van der Waals surface area contributed by atoms with E-state index in [0.717, 1.165) is 17.2 Å². The van der Waals surface area contributed by atoms with E-state index in [2.05, 4.69) is 10.3 Å². The molecule has 0 fully saturated rings. The quantitative estimate of drug-likeness (QED) is 0.565. The van der Waals surface area contributed by atoms with Crippen molar-refractivity contribution >= 4 is 27.2 Å². The minimum atomic E-state index is -4.61. The van der Waals surface area contributed by atoms with Crippen molar-refractivity contribution in [2.45, 2.75) is 38.4 Å². The van der Waals surface area contributed by atoms with Gasteiger partial charge in [0.2, 0.25) is 0 Å². The second-order valence-electron chi connectivity index (χ2n) is 7.56. The molecule has 4 rings (SSSR count). The largest absolute Gasteiger partial charge is 0.433 e. The highest BCUT2D eigenvalue weighted by molar-refractivity contribution is 7.92. The van der Waals surface area contributed by atoms with Crippen LogP contribution in [-0.2, 0) is 22.7 Å². The lowest BCUT2D eigenvalue weighted by molar-refractivity contribution is -0.141. The highest BCUT2D eigenvalue weighted by atomic mass is 32.2. The number of aromatic nitrogens is 1. The summed E-state index contributed by atoms with van der Waals surface area (Å²) in [4.78, 5) is 3.84. The van der Waals surface area contributed by atoms with Crippen LogP contribution in [0.15, 0.2) is 53.4 Å². The highest BCUT2D eigenvalue weighted by Crippen LogP contribution is 2.42. The van der Waals surface area contributed by atoms with Gasteiger partial charge in [0.15, 0.2) is 0 Å². The summed E-state index contributed by atoms with van der Waals surface area (Å²) in [5.41, 5.74) is 2.56. The maximum atomic E-state index is 13.6. The molecule has 0 saturated carbocycles. The fourth-order valence-electron chi connectivity index (χ4n) is 3.51. The van der Waals surface area contributed by atoms with Crippen LogP contribution in [-0.4, -0.2) is 13.4 Å². The van der Waals surface area contributed by atoms with Crippen LogP contribution in [0.4, 0.5) is 30.4 Å². The molecule has 162 valence electrons. The first kappa shape index (κ1) is 21.2. The average Bonchev–Trinajstić information content (AvgIpc) is 2.87. The molecule has 1 aromatic heterocycles. The van der Waals surface area contributed by atoms with Crippen molar-refractivity contribution < 1.29 is 21.6 Å². The second-order valence-corrected chi connectivity index (χ2v) is 9.42. The molecule has 0 radical (unpaired) electrons. The molecular weight excluding hydrogens is 427 g/mol. The summed E-state index contributed by atoms with van der Waals surface area (Å²) in [6.07, 6.45) is -4.61. The molecule has 3 aromatic rings. The van der Waals surface area contributed by atoms with Crippen LogP contribution in [0, 0.1) is 20.8 Å². The highest BCUT2D eigenvalue weighted by Gasteiger charge is 2.36. The Labute approximate surface area is 178 Å². The number of rotatable bonds is 2. The first-order valence-corrected chi connectivity index (χ1v) is 11.0. The number of halogens is 3. The van der Waals surface area contributed by atoms with Crippen LogP contribution >= 0.6 is 0 Å². The fraction of sp³-hybridized carbons (Fsp3) is 0.227. The summed E-state index contributed by atoms with van der Waals surface area (Å²) in [7, 11) is -3.99. The number of benzene rings is 2. The number of sulfonamides is 1. The van der Waals surface area contributed by atoms with E-state index in [0.29, 0.717) is 22.5 Å². The summed E-state index contributed by atoms with van der Waals surface area (Å²) >= 11 is 0. The molecule has 9 heteroatoms. The van der Waals surface area contributed by atoms with Crippen molar-refractivity contribution in [1.82, 2.24) is 4.98 Å². The molecule has 0 atom stereocenters. The van der Waals surface area contributed by atoms with Crippen molar-refractivity contribution in [2.75, 3.05) is 9.62 Å². The van der Waals surface area contributed by atoms with Gasteiger partial charge in [-0.3, -0.25) is 4.31 Å². The van der Waals surface area contributed by atoms with Crippen molar-refractivity contribution in [3.8, 4) is 0 Å². The number of anilines is 3. The molecule has 1 N–H and O–H groups in total. The number of hydrogen-bond acceptors (Lipinski definition) is 4. The van der Waals surface area contributed by atoms with Gasteiger partial charge in [-0.05, 0) is 56.2 Å². The molecule has 0 unspecified atom stereocenters. The maximum Gasteiger partial charge on any atom is 0.433 e. The van der Waals surface area contributed by atoms with Gasteiger partial charge in [-0.15, -0.1) is 0 Å². The fourth-order valence-corrected chi connectivity index (χ4v) is 5.03. The van der Waals surface area contributed by atoms with E-state index < -0.39 is 21.9 Å². The van der Waals surface area contributed by atoms with Crippen LogP contribution in [0.1, 0.15) is 27.9 Å². The number of nitrogens with one attached hydrogen (secondary N) is 1. The summed E-state index contributed by atoms with van der Waals surface area (Å²) in [5.74, 6) is -0.0130. The Bertz CT molecular complexity index is 1270. The van der Waals surface area contributed by atoms with E-state index in [-0.39, 0.29) is 17.3 Å². The molecule has 31 heavy (non-hydrogen) atoms. The van der Waals surface area contributed by atoms with Crippen LogP contribution in [0.25, 0.3) is 0 Å². The van der Waals surface area contributed by atoms with Gasteiger partial charge in [-0.2, -0.15) is 13.2 Å². The molecule has 0 spiro atoms. The van der Waals surface area contributed by atoms with E-state index >= 15 is 0 Å². The van der Waals surface area contributed by atoms with Crippen LogP contribution in [0.2, 0.25) is 0 Å². The Hall–Kier alpha value is -3.07. The van der Waals surface area contributed by atoms with Gasteiger partial charge < -0.3 is 5.32 Å². The smallest absolute Gasteiger partial charge is 0.338 e. The minimum Gasteiger partial charge on any atom is -0.338 e. The predicted octanol–water partition coefficient (Wildman–Crippen LogP) is 5.48. The van der Waals surface area contributed by atoms with E-state index in [4.69, 9.17) is 0 Å². The van der Waals surface area contributed by atoms with Crippen molar-refractivity contribution in [2.24, 2.45) is 0 Å². The Kier molecular flexibility index (Phi) is 4.96. The topological polar surface area (TPSA) is 62.3 Å². The van der Waals surface area contributed by atoms with E-state index in [1.165, 1.54) is 22.5 Å². The number of nitrogens with zero attached hydrogens (tertiary/aromatic N) is 2. The molecule has 2 aromatic carbocycles. The van der Waals surface area contributed by atoms with Crippen molar-refractivity contribution in [3.63, 3.8) is 0 Å². The minimum absolute atomic E-state index is 0.0130. The van der Waals surface area contributed by atoms with Crippen molar-refractivity contribution in [1.29, 1.82) is 0 Å². The zero-order chi connectivity index (χ0) is 22.6. The van der Waals surface area contributed by atoms with E-state index in [1.807, 2.05) is 13.8 Å². The van der Waals surface area contributed by atoms with Gasteiger partial charge >= 0.3 is 6.18 Å². The Morgan fingerprint density at radius 2 is 1.65 bits per heavy atom. The SMILES string of the molecule is Cc1ccc(S(=O)(=O)N2Cc3ccc(C(F)(F)F)nc3Nc3ccc(C)c(C)c32)cc1. The molecule has 1 aliphatic rings. The molecule has 1 aliphatic heterocycles. The molecule has 0 saturated heterocycles. The van der Waals surface area contributed by atoms with Gasteiger partial charge in [0.25, 0.3) is 10.0 Å². The standard InChI is InChI=1S/C22H20F3N3O2S/c1-13-4-8-17(9-5-13)31(29,30)28-12-16-7-11-19(22(23,24)25)27-21(16)26-18-10-6-14(2)15(3)20(18)28/h4-11H,12H2,1-3H3,(H,26,27). The molecular formula is C22H20F3N3O2S. The number of hydrogen-bond donors (Lipinski definition) is 1. The molecule has 0 amide bonds. The summed E-state index contributed by atoms with van der Waals surface area (Å²) in [6, 6.07) is 12.0. The number of pyridine rings is 1. The lowest BCUT2D eigenvalue weighted by Crippen LogP contribution is -2.31. The van der Waals surface area contributed by atoms with Gasteiger partial charge in [-0.25, -0.2) is 13.4 Å². The van der Waals surface area contributed by atoms with Gasteiger partial charge in [-0.1, -0.05) is 29.8 Å².